The van der Waals surface area contributed by atoms with Crippen LogP contribution in [0.3, 0.4) is 0 Å². The standard InChI is InChI=1S/C8H6N2O/c11-8-4-3-7(9-8)10-5-1-2-6-10/h1-6H. The maximum Gasteiger partial charge on any atom is 0.271 e. The van der Waals surface area contributed by atoms with Gasteiger partial charge in [-0.2, -0.15) is 4.99 Å². The van der Waals surface area contributed by atoms with E-state index in [1.54, 1.807) is 10.6 Å². The van der Waals surface area contributed by atoms with E-state index in [0.717, 1.165) is 0 Å². The largest absolute Gasteiger partial charge is 0.309 e. The van der Waals surface area contributed by atoms with E-state index in [-0.39, 0.29) is 5.91 Å². The number of aromatic nitrogens is 1. The second kappa shape index (κ2) is 2.20. The number of amides is 1. The third-order valence-corrected chi connectivity index (χ3v) is 1.47. The number of hydrogen-bond acceptors (Lipinski definition) is 1. The fraction of sp³-hybridized carbons (Fsp3) is 0. The highest BCUT2D eigenvalue weighted by Gasteiger charge is 2.05. The molecule has 0 unspecified atom stereocenters. The number of hydrogen-bond donors (Lipinski definition) is 0. The Morgan fingerprint density at radius 2 is 1.91 bits per heavy atom. The van der Waals surface area contributed by atoms with E-state index in [9.17, 15) is 4.79 Å². The van der Waals surface area contributed by atoms with E-state index < -0.39 is 0 Å². The first-order chi connectivity index (χ1) is 5.36. The van der Waals surface area contributed by atoms with Gasteiger partial charge in [0.2, 0.25) is 0 Å². The van der Waals surface area contributed by atoms with Gasteiger partial charge in [-0.3, -0.25) is 4.79 Å². The van der Waals surface area contributed by atoms with Crippen molar-refractivity contribution in [1.82, 2.24) is 4.57 Å². The molecule has 11 heavy (non-hydrogen) atoms. The van der Waals surface area contributed by atoms with E-state index in [4.69, 9.17) is 0 Å². The van der Waals surface area contributed by atoms with Crippen LogP contribution in [0.2, 0.25) is 0 Å². The number of allylic oxidation sites excluding steroid dienone is 1. The smallest absolute Gasteiger partial charge is 0.271 e. The van der Waals surface area contributed by atoms with Gasteiger partial charge in [0, 0.05) is 18.5 Å². The zero-order chi connectivity index (χ0) is 7.68. The molecule has 3 heteroatoms. The summed E-state index contributed by atoms with van der Waals surface area (Å²) in [5.74, 6) is 0.494. The molecule has 0 N–H and O–H groups in total. The molecule has 2 heterocycles. The Morgan fingerprint density at radius 3 is 2.45 bits per heavy atom. The quantitative estimate of drug-likeness (QED) is 0.533. The van der Waals surface area contributed by atoms with Gasteiger partial charge in [0.05, 0.1) is 0 Å². The van der Waals surface area contributed by atoms with Crippen molar-refractivity contribution in [2.24, 2.45) is 4.99 Å². The molecule has 1 aromatic rings. The van der Waals surface area contributed by atoms with Crippen molar-refractivity contribution in [3.05, 3.63) is 36.7 Å². The highest BCUT2D eigenvalue weighted by molar-refractivity contribution is 6.12. The lowest BCUT2D eigenvalue weighted by atomic mass is 10.5. The number of carbonyl (C=O) groups excluding carboxylic acids is 1. The van der Waals surface area contributed by atoms with E-state index >= 15 is 0 Å². The zero-order valence-electron chi connectivity index (χ0n) is 5.77. The van der Waals surface area contributed by atoms with E-state index in [1.807, 2.05) is 24.5 Å². The molecule has 1 aliphatic heterocycles. The van der Waals surface area contributed by atoms with Gasteiger partial charge < -0.3 is 4.57 Å². The molecule has 0 bridgehead atoms. The van der Waals surface area contributed by atoms with Crippen molar-refractivity contribution in [3.8, 4) is 0 Å². The van der Waals surface area contributed by atoms with Crippen LogP contribution in [0.15, 0.2) is 41.7 Å². The van der Waals surface area contributed by atoms with Crippen LogP contribution in [0.4, 0.5) is 0 Å². The van der Waals surface area contributed by atoms with Gasteiger partial charge >= 0.3 is 0 Å². The molecule has 54 valence electrons. The van der Waals surface area contributed by atoms with Crippen molar-refractivity contribution in [2.45, 2.75) is 0 Å². The van der Waals surface area contributed by atoms with Crippen LogP contribution in [0, 0.1) is 0 Å². The minimum atomic E-state index is -0.186. The fourth-order valence-electron chi connectivity index (χ4n) is 0.964. The van der Waals surface area contributed by atoms with Crippen LogP contribution in [0.5, 0.6) is 0 Å². The predicted octanol–water partition coefficient (Wildman–Crippen LogP) is 0.831. The lowest BCUT2D eigenvalue weighted by Gasteiger charge is -1.95. The lowest BCUT2D eigenvalue weighted by Crippen LogP contribution is -2.03. The Labute approximate surface area is 63.7 Å². The second-order valence-corrected chi connectivity index (χ2v) is 2.23. The monoisotopic (exact) mass is 146 g/mol. The molecular weight excluding hydrogens is 140 g/mol. The Balaban J connectivity index is 2.40. The number of aliphatic imine (C=N–C) groups is 1. The first kappa shape index (κ1) is 6.09. The molecule has 0 saturated heterocycles. The van der Waals surface area contributed by atoms with Crippen molar-refractivity contribution in [1.29, 1.82) is 0 Å². The first-order valence-corrected chi connectivity index (χ1v) is 3.30. The van der Waals surface area contributed by atoms with Gasteiger partial charge in [-0.1, -0.05) is 0 Å². The summed E-state index contributed by atoms with van der Waals surface area (Å²) in [5.41, 5.74) is 0. The summed E-state index contributed by atoms with van der Waals surface area (Å²) in [6.45, 7) is 0. The number of rotatable bonds is 0. The van der Waals surface area contributed by atoms with Crippen molar-refractivity contribution in [2.75, 3.05) is 0 Å². The SMILES string of the molecule is O=C1C=CC(n2cccc2)=N1. The van der Waals surface area contributed by atoms with E-state index in [1.165, 1.54) is 6.08 Å². The van der Waals surface area contributed by atoms with Gasteiger partial charge in [0.15, 0.2) is 0 Å². The molecule has 0 radical (unpaired) electrons. The van der Waals surface area contributed by atoms with Gasteiger partial charge in [0.25, 0.3) is 5.91 Å². The number of nitrogens with zero attached hydrogens (tertiary/aromatic N) is 2. The number of carbonyl (C=O) groups is 1. The summed E-state index contributed by atoms with van der Waals surface area (Å²) in [6, 6.07) is 3.78. The minimum absolute atomic E-state index is 0.186. The molecule has 1 aliphatic rings. The molecule has 1 amide bonds. The van der Waals surface area contributed by atoms with Crippen molar-refractivity contribution < 1.29 is 4.79 Å². The maximum absolute atomic E-state index is 10.7. The normalized spacial score (nSPS) is 15.6. The average Bonchev–Trinajstić information content (AvgIpc) is 2.55. The summed E-state index contributed by atoms with van der Waals surface area (Å²) in [4.78, 5) is 14.4. The summed E-state index contributed by atoms with van der Waals surface area (Å²) < 4.78 is 1.79. The summed E-state index contributed by atoms with van der Waals surface area (Å²) >= 11 is 0. The third-order valence-electron chi connectivity index (χ3n) is 1.47. The van der Waals surface area contributed by atoms with Crippen LogP contribution < -0.4 is 0 Å². The van der Waals surface area contributed by atoms with Gasteiger partial charge in [-0.15, -0.1) is 0 Å². The Bertz CT molecular complexity index is 333. The zero-order valence-corrected chi connectivity index (χ0v) is 5.77. The average molecular weight is 146 g/mol. The van der Waals surface area contributed by atoms with Crippen LogP contribution in [0.25, 0.3) is 0 Å². The summed E-state index contributed by atoms with van der Waals surface area (Å²) in [7, 11) is 0. The lowest BCUT2D eigenvalue weighted by molar-refractivity contribution is -0.113. The highest BCUT2D eigenvalue weighted by atomic mass is 16.1. The Kier molecular flexibility index (Phi) is 1.22. The third kappa shape index (κ3) is 1.00. The van der Waals surface area contributed by atoms with Crippen LogP contribution in [-0.2, 0) is 4.79 Å². The van der Waals surface area contributed by atoms with Gasteiger partial charge in [-0.25, -0.2) is 0 Å². The maximum atomic E-state index is 10.7. The first-order valence-electron chi connectivity index (χ1n) is 3.30. The van der Waals surface area contributed by atoms with Crippen LogP contribution >= 0.6 is 0 Å². The fourth-order valence-corrected chi connectivity index (χ4v) is 0.964. The molecule has 1 aromatic heterocycles. The van der Waals surface area contributed by atoms with E-state index in [0.29, 0.717) is 5.84 Å². The van der Waals surface area contributed by atoms with Crippen molar-refractivity contribution >= 4 is 11.7 Å². The van der Waals surface area contributed by atoms with Crippen molar-refractivity contribution in [3.63, 3.8) is 0 Å². The summed E-state index contributed by atoms with van der Waals surface area (Å²) in [5, 5.41) is 0. The summed E-state index contributed by atoms with van der Waals surface area (Å²) in [6.07, 6.45) is 6.85. The van der Waals surface area contributed by atoms with Gasteiger partial charge in [-0.05, 0) is 18.2 Å². The molecule has 2 rings (SSSR count). The Hall–Kier alpha value is -1.64. The molecule has 0 aliphatic carbocycles. The van der Waals surface area contributed by atoms with Crippen LogP contribution in [0.1, 0.15) is 0 Å². The molecular formula is C8H6N2O. The highest BCUT2D eigenvalue weighted by Crippen LogP contribution is 1.99. The van der Waals surface area contributed by atoms with E-state index in [2.05, 4.69) is 4.99 Å². The topological polar surface area (TPSA) is 34.4 Å². The molecule has 0 fully saturated rings. The molecule has 0 aromatic carbocycles. The molecule has 0 atom stereocenters. The molecule has 3 nitrogen and oxygen atoms in total. The predicted molar refractivity (Wildman–Crippen MR) is 41.4 cm³/mol. The second-order valence-electron chi connectivity index (χ2n) is 2.23. The molecule has 0 spiro atoms. The molecule has 0 saturated carbocycles. The minimum Gasteiger partial charge on any atom is -0.309 e. The van der Waals surface area contributed by atoms with Crippen LogP contribution in [-0.4, -0.2) is 16.3 Å². The van der Waals surface area contributed by atoms with Gasteiger partial charge in [0.1, 0.15) is 5.84 Å². The Morgan fingerprint density at radius 1 is 1.18 bits per heavy atom.